The number of aromatic nitrogens is 2. The summed E-state index contributed by atoms with van der Waals surface area (Å²) >= 11 is 1.28. The van der Waals surface area contributed by atoms with Gasteiger partial charge in [-0.25, -0.2) is 0 Å². The van der Waals surface area contributed by atoms with Crippen LogP contribution in [-0.2, 0) is 11.2 Å². The van der Waals surface area contributed by atoms with E-state index in [1.807, 2.05) is 30.5 Å². The third kappa shape index (κ3) is 3.68. The number of nitrogens with zero attached hydrogens (tertiary/aromatic N) is 2. The molecule has 5 rings (SSSR count). The summed E-state index contributed by atoms with van der Waals surface area (Å²) in [6, 6.07) is 12.1. The van der Waals surface area contributed by atoms with Crippen LogP contribution < -0.4 is 4.74 Å². The first-order valence-corrected chi connectivity index (χ1v) is 11.3. The van der Waals surface area contributed by atoms with Gasteiger partial charge < -0.3 is 19.7 Å². The van der Waals surface area contributed by atoms with Gasteiger partial charge in [-0.2, -0.15) is 0 Å². The number of carbonyl (C=O) groups excluding carboxylic acids is 2. The number of rotatable bonds is 7. The third-order valence-electron chi connectivity index (χ3n) is 5.89. The Bertz CT molecular complexity index is 1360. The zero-order chi connectivity index (χ0) is 22.9. The summed E-state index contributed by atoms with van der Waals surface area (Å²) in [5.74, 6) is -0.648. The number of nitrogens with one attached hydrogen (secondary N) is 1. The summed E-state index contributed by atoms with van der Waals surface area (Å²) in [5, 5.41) is 13.6. The second-order valence-electron chi connectivity index (χ2n) is 7.73. The highest BCUT2D eigenvalue weighted by Gasteiger charge is 2.43. The highest BCUT2D eigenvalue weighted by molar-refractivity contribution is 7.12. The minimum absolute atomic E-state index is 0.0936. The van der Waals surface area contributed by atoms with Crippen LogP contribution in [0, 0.1) is 0 Å². The molecule has 0 spiro atoms. The molecule has 2 N–H and O–H groups in total. The maximum atomic E-state index is 13.2. The van der Waals surface area contributed by atoms with Crippen molar-refractivity contribution in [2.75, 3.05) is 13.7 Å². The molecule has 33 heavy (non-hydrogen) atoms. The predicted octanol–water partition coefficient (Wildman–Crippen LogP) is 4.45. The number of carbonyl (C=O) groups is 2. The van der Waals surface area contributed by atoms with Crippen LogP contribution in [0.15, 0.2) is 77.8 Å². The summed E-state index contributed by atoms with van der Waals surface area (Å²) < 4.78 is 5.34. The second-order valence-corrected chi connectivity index (χ2v) is 8.68. The molecule has 0 bridgehead atoms. The number of pyridine rings is 1. The van der Waals surface area contributed by atoms with Crippen LogP contribution >= 0.6 is 11.3 Å². The Kier molecular flexibility index (Phi) is 5.43. The number of H-pyrrole nitrogens is 1. The van der Waals surface area contributed by atoms with E-state index < -0.39 is 17.7 Å². The zero-order valence-electron chi connectivity index (χ0n) is 17.8. The average molecular weight is 460 g/mol. The van der Waals surface area contributed by atoms with Gasteiger partial charge in [0, 0.05) is 36.0 Å². The molecule has 0 radical (unpaired) electrons. The molecule has 1 unspecified atom stereocenters. The van der Waals surface area contributed by atoms with Gasteiger partial charge in [0.05, 0.1) is 23.6 Å². The van der Waals surface area contributed by atoms with Crippen molar-refractivity contribution in [3.63, 3.8) is 0 Å². The molecular weight excluding hydrogens is 438 g/mol. The molecule has 4 heterocycles. The molecule has 1 amide bonds. The monoisotopic (exact) mass is 459 g/mol. The maximum absolute atomic E-state index is 13.2. The van der Waals surface area contributed by atoms with Crippen LogP contribution in [0.5, 0.6) is 5.75 Å². The van der Waals surface area contributed by atoms with Gasteiger partial charge in [-0.1, -0.05) is 12.1 Å². The lowest BCUT2D eigenvalue weighted by Gasteiger charge is -2.26. The van der Waals surface area contributed by atoms with Crippen molar-refractivity contribution in [2.45, 2.75) is 12.5 Å². The van der Waals surface area contributed by atoms with Crippen molar-refractivity contribution in [1.29, 1.82) is 0 Å². The van der Waals surface area contributed by atoms with Crippen molar-refractivity contribution in [3.8, 4) is 5.75 Å². The number of aliphatic hydroxyl groups excluding tert-OH is 1. The van der Waals surface area contributed by atoms with Gasteiger partial charge in [0.2, 0.25) is 5.78 Å². The van der Waals surface area contributed by atoms with Crippen LogP contribution in [0.1, 0.15) is 26.8 Å². The lowest BCUT2D eigenvalue weighted by molar-refractivity contribution is -0.129. The number of benzene rings is 1. The van der Waals surface area contributed by atoms with Crippen LogP contribution in [0.2, 0.25) is 0 Å². The molecule has 166 valence electrons. The number of methoxy groups -OCH3 is 1. The topological polar surface area (TPSA) is 95.5 Å². The van der Waals surface area contributed by atoms with E-state index >= 15 is 0 Å². The van der Waals surface area contributed by atoms with Crippen LogP contribution in [0.3, 0.4) is 0 Å². The van der Waals surface area contributed by atoms with Crippen LogP contribution in [0.25, 0.3) is 10.9 Å². The summed E-state index contributed by atoms with van der Waals surface area (Å²) in [4.78, 5) is 35.8. The van der Waals surface area contributed by atoms with Crippen molar-refractivity contribution in [3.05, 3.63) is 93.8 Å². The van der Waals surface area contributed by atoms with Gasteiger partial charge in [0.1, 0.15) is 5.75 Å². The normalized spacial score (nSPS) is 16.1. The standard InChI is InChI=1S/C25H21N3O4S/c1-32-17-6-7-19-18(12-17)15(14-27-19)8-10-28-22(16-4-2-9-26-13-16)21(24(30)25(28)31)23(29)20-5-3-11-33-20/h2-7,9,11-14,22,27,30H,8,10H2,1H3. The van der Waals surface area contributed by atoms with Crippen molar-refractivity contribution in [1.82, 2.24) is 14.9 Å². The number of hydrogen-bond acceptors (Lipinski definition) is 6. The summed E-state index contributed by atoms with van der Waals surface area (Å²) in [7, 11) is 1.62. The summed E-state index contributed by atoms with van der Waals surface area (Å²) in [6.45, 7) is 0.313. The van der Waals surface area contributed by atoms with Gasteiger partial charge in [0.25, 0.3) is 5.91 Å². The molecule has 8 heteroatoms. The second kappa shape index (κ2) is 8.55. The average Bonchev–Trinajstić information content (AvgIpc) is 3.57. The molecule has 1 aromatic carbocycles. The number of ketones is 1. The number of amides is 1. The Morgan fingerprint density at radius 3 is 2.88 bits per heavy atom. The molecule has 4 aromatic rings. The van der Waals surface area contributed by atoms with E-state index in [0.717, 1.165) is 22.2 Å². The first-order chi connectivity index (χ1) is 16.1. The number of Topliss-reactive ketones (excluding diaryl/α,β-unsaturated/α-hetero) is 1. The summed E-state index contributed by atoms with van der Waals surface area (Å²) in [6.07, 6.45) is 5.70. The first-order valence-electron chi connectivity index (χ1n) is 10.4. The number of aromatic amines is 1. The van der Waals surface area contributed by atoms with Crippen LogP contribution in [-0.4, -0.2) is 45.3 Å². The van der Waals surface area contributed by atoms with E-state index in [-0.39, 0.29) is 11.4 Å². The fraction of sp³-hybridized carbons (Fsp3) is 0.160. The molecule has 0 saturated heterocycles. The molecule has 0 fully saturated rings. The predicted molar refractivity (Wildman–Crippen MR) is 126 cm³/mol. The molecular formula is C25H21N3O4S. The maximum Gasteiger partial charge on any atom is 0.290 e. The molecule has 0 aliphatic carbocycles. The summed E-state index contributed by atoms with van der Waals surface area (Å²) in [5.41, 5.74) is 2.75. The van der Waals surface area contributed by atoms with E-state index in [2.05, 4.69) is 9.97 Å². The molecule has 7 nitrogen and oxygen atoms in total. The quantitative estimate of drug-likeness (QED) is 0.398. The molecule has 1 aliphatic rings. The Labute approximate surface area is 194 Å². The van der Waals surface area contributed by atoms with Gasteiger partial charge >= 0.3 is 0 Å². The smallest absolute Gasteiger partial charge is 0.290 e. The number of fused-ring (bicyclic) bond motifs is 1. The third-order valence-corrected chi connectivity index (χ3v) is 6.76. The molecule has 1 aliphatic heterocycles. The lowest BCUT2D eigenvalue weighted by Crippen LogP contribution is -2.33. The molecule has 3 aromatic heterocycles. The molecule has 1 atom stereocenters. The Balaban J connectivity index is 1.49. The van der Waals surface area contributed by atoms with E-state index in [4.69, 9.17) is 4.74 Å². The van der Waals surface area contributed by atoms with Crippen molar-refractivity contribution >= 4 is 33.9 Å². The van der Waals surface area contributed by atoms with E-state index in [1.165, 1.54) is 11.3 Å². The van der Waals surface area contributed by atoms with Crippen LogP contribution in [0.4, 0.5) is 0 Å². The zero-order valence-corrected chi connectivity index (χ0v) is 18.6. The molecule has 0 saturated carbocycles. The minimum Gasteiger partial charge on any atom is -0.503 e. The highest BCUT2D eigenvalue weighted by atomic mass is 32.1. The SMILES string of the molecule is COc1ccc2[nH]cc(CCN3C(=O)C(O)=C(C(=O)c4cccs4)C3c3cccnc3)c2c1. The van der Waals surface area contributed by atoms with Gasteiger partial charge in [0.15, 0.2) is 5.76 Å². The highest BCUT2D eigenvalue weighted by Crippen LogP contribution is 2.39. The Hall–Kier alpha value is -3.91. The van der Waals surface area contributed by atoms with Crippen molar-refractivity contribution in [2.24, 2.45) is 0 Å². The lowest BCUT2D eigenvalue weighted by atomic mass is 9.96. The van der Waals surface area contributed by atoms with E-state index in [9.17, 15) is 14.7 Å². The Morgan fingerprint density at radius 1 is 1.27 bits per heavy atom. The van der Waals surface area contributed by atoms with Crippen molar-refractivity contribution < 1.29 is 19.4 Å². The van der Waals surface area contributed by atoms with Gasteiger partial charge in [-0.15, -0.1) is 11.3 Å². The van der Waals surface area contributed by atoms with E-state index in [0.29, 0.717) is 23.4 Å². The Morgan fingerprint density at radius 2 is 2.15 bits per heavy atom. The van der Waals surface area contributed by atoms with Gasteiger partial charge in [-0.05, 0) is 53.3 Å². The van der Waals surface area contributed by atoms with Gasteiger partial charge in [-0.3, -0.25) is 14.6 Å². The largest absolute Gasteiger partial charge is 0.503 e. The van der Waals surface area contributed by atoms with E-state index in [1.54, 1.807) is 48.0 Å². The fourth-order valence-electron chi connectivity index (χ4n) is 4.27. The minimum atomic E-state index is -0.708. The number of thiophene rings is 1. The number of aliphatic hydroxyl groups is 1. The first kappa shape index (κ1) is 21.0. The number of ether oxygens (including phenoxy) is 1. The number of hydrogen-bond donors (Lipinski definition) is 2. The fourth-order valence-corrected chi connectivity index (χ4v) is 4.95.